The number of ketones is 1. The van der Waals surface area contributed by atoms with Crippen molar-refractivity contribution >= 4 is 17.6 Å². The number of Topliss-reactive ketones (excluding diaryl/α,β-unsaturated/α-hetero) is 1. The van der Waals surface area contributed by atoms with Crippen LogP contribution in [-0.2, 0) is 9.59 Å². The van der Waals surface area contributed by atoms with Crippen LogP contribution in [-0.4, -0.2) is 41.6 Å². The number of hydrogen-bond donors (Lipinski definition) is 1. The summed E-state index contributed by atoms with van der Waals surface area (Å²) in [6, 6.07) is 2.01. The number of nitrogens with zero attached hydrogens (tertiary/aromatic N) is 1. The summed E-state index contributed by atoms with van der Waals surface area (Å²) in [7, 11) is 0. The molecule has 1 N–H and O–H groups in total. The number of benzene rings is 1. The molecule has 130 valence electrons. The molecule has 0 aliphatic carbocycles. The lowest BCUT2D eigenvalue weighted by Gasteiger charge is -2.34. The Morgan fingerprint density at radius 1 is 1.17 bits per heavy atom. The summed E-state index contributed by atoms with van der Waals surface area (Å²) in [4.78, 5) is 37.7. The molecular formula is C17H20F2N2O3. The van der Waals surface area contributed by atoms with Crippen LogP contribution in [0.2, 0.25) is 0 Å². The Balaban J connectivity index is 1.98. The average molecular weight is 338 g/mol. The van der Waals surface area contributed by atoms with E-state index in [1.54, 1.807) is 6.92 Å². The minimum Gasteiger partial charge on any atom is -0.343 e. The van der Waals surface area contributed by atoms with Gasteiger partial charge in [0.1, 0.15) is 11.6 Å². The highest BCUT2D eigenvalue weighted by Gasteiger charge is 2.30. The molecule has 1 aromatic carbocycles. The number of piperidine rings is 1. The number of rotatable bonds is 5. The van der Waals surface area contributed by atoms with E-state index in [4.69, 9.17) is 0 Å². The molecule has 7 heteroatoms. The van der Waals surface area contributed by atoms with Gasteiger partial charge in [0.05, 0.1) is 12.6 Å². The van der Waals surface area contributed by atoms with Crippen molar-refractivity contribution in [2.24, 2.45) is 0 Å². The molecule has 24 heavy (non-hydrogen) atoms. The van der Waals surface area contributed by atoms with Gasteiger partial charge in [0.25, 0.3) is 5.91 Å². The van der Waals surface area contributed by atoms with Crippen LogP contribution in [0.4, 0.5) is 8.78 Å². The van der Waals surface area contributed by atoms with Gasteiger partial charge in [0, 0.05) is 24.6 Å². The van der Waals surface area contributed by atoms with Crippen LogP contribution in [0.3, 0.4) is 0 Å². The number of carbonyl (C=O) groups excluding carboxylic acids is 3. The molecule has 1 heterocycles. The van der Waals surface area contributed by atoms with E-state index in [0.717, 1.165) is 25.0 Å². The smallest absolute Gasteiger partial charge is 0.251 e. The minimum atomic E-state index is -0.865. The zero-order valence-electron chi connectivity index (χ0n) is 13.5. The van der Waals surface area contributed by atoms with Crippen molar-refractivity contribution in [2.75, 3.05) is 13.1 Å². The van der Waals surface area contributed by atoms with Crippen molar-refractivity contribution in [1.29, 1.82) is 0 Å². The Morgan fingerprint density at radius 2 is 1.83 bits per heavy atom. The Bertz CT molecular complexity index is 628. The molecule has 1 aliphatic rings. The second kappa shape index (κ2) is 7.99. The quantitative estimate of drug-likeness (QED) is 0.894. The number of hydrogen-bond acceptors (Lipinski definition) is 3. The average Bonchev–Trinajstić information content (AvgIpc) is 2.57. The lowest BCUT2D eigenvalue weighted by molar-refractivity contribution is -0.140. The van der Waals surface area contributed by atoms with E-state index < -0.39 is 23.6 Å². The number of nitrogens with one attached hydrogen (secondary N) is 1. The maximum atomic E-state index is 13.1. The second-order valence-corrected chi connectivity index (χ2v) is 5.76. The standard InChI is InChI=1S/C17H20F2N2O3/c1-2-15(22)14-5-3-4-6-21(14)16(23)10-20-17(24)11-7-12(18)9-13(19)8-11/h7-9,14H,2-6,10H2,1H3,(H,20,24)/t14-/m0/s1. The predicted molar refractivity (Wildman–Crippen MR) is 83.3 cm³/mol. The molecule has 1 aromatic rings. The fourth-order valence-electron chi connectivity index (χ4n) is 2.84. The van der Waals surface area contributed by atoms with E-state index in [9.17, 15) is 23.2 Å². The third-order valence-electron chi connectivity index (χ3n) is 4.07. The molecule has 0 saturated carbocycles. The van der Waals surface area contributed by atoms with Gasteiger partial charge in [-0.05, 0) is 31.4 Å². The summed E-state index contributed by atoms with van der Waals surface area (Å²) in [5.41, 5.74) is -0.194. The lowest BCUT2D eigenvalue weighted by atomic mass is 9.97. The fraction of sp³-hybridized carbons (Fsp3) is 0.471. The largest absolute Gasteiger partial charge is 0.343 e. The Morgan fingerprint density at radius 3 is 2.46 bits per heavy atom. The zero-order valence-corrected chi connectivity index (χ0v) is 13.5. The van der Waals surface area contributed by atoms with Crippen molar-refractivity contribution in [3.8, 4) is 0 Å². The highest BCUT2D eigenvalue weighted by atomic mass is 19.1. The molecule has 0 unspecified atom stereocenters. The van der Waals surface area contributed by atoms with E-state index in [-0.39, 0.29) is 23.8 Å². The van der Waals surface area contributed by atoms with Crippen LogP contribution in [0.25, 0.3) is 0 Å². The lowest BCUT2D eigenvalue weighted by Crippen LogP contribution is -2.51. The van der Waals surface area contributed by atoms with E-state index in [0.29, 0.717) is 25.5 Å². The Hall–Kier alpha value is -2.31. The number of carbonyl (C=O) groups is 3. The van der Waals surface area contributed by atoms with Gasteiger partial charge in [-0.15, -0.1) is 0 Å². The van der Waals surface area contributed by atoms with Crippen LogP contribution < -0.4 is 5.32 Å². The van der Waals surface area contributed by atoms with Crippen LogP contribution in [0, 0.1) is 11.6 Å². The molecule has 1 saturated heterocycles. The maximum Gasteiger partial charge on any atom is 0.251 e. The van der Waals surface area contributed by atoms with Crippen molar-refractivity contribution < 1.29 is 23.2 Å². The van der Waals surface area contributed by atoms with E-state index in [2.05, 4.69) is 5.32 Å². The first-order valence-corrected chi connectivity index (χ1v) is 7.99. The topological polar surface area (TPSA) is 66.5 Å². The van der Waals surface area contributed by atoms with Crippen LogP contribution in [0.15, 0.2) is 18.2 Å². The first-order valence-electron chi connectivity index (χ1n) is 7.99. The molecule has 0 radical (unpaired) electrons. The van der Waals surface area contributed by atoms with Crippen LogP contribution >= 0.6 is 0 Å². The van der Waals surface area contributed by atoms with Gasteiger partial charge >= 0.3 is 0 Å². The summed E-state index contributed by atoms with van der Waals surface area (Å²) < 4.78 is 26.2. The van der Waals surface area contributed by atoms with Gasteiger partial charge in [0.15, 0.2) is 5.78 Å². The Kier molecular flexibility index (Phi) is 6.00. The molecule has 1 fully saturated rings. The van der Waals surface area contributed by atoms with Gasteiger partial charge < -0.3 is 10.2 Å². The van der Waals surface area contributed by atoms with Gasteiger partial charge in [-0.3, -0.25) is 14.4 Å². The highest BCUT2D eigenvalue weighted by Crippen LogP contribution is 2.19. The predicted octanol–water partition coefficient (Wildman–Crippen LogP) is 2.05. The third-order valence-corrected chi connectivity index (χ3v) is 4.07. The van der Waals surface area contributed by atoms with Gasteiger partial charge in [-0.25, -0.2) is 8.78 Å². The molecule has 1 atom stereocenters. The van der Waals surface area contributed by atoms with Crippen molar-refractivity contribution in [1.82, 2.24) is 10.2 Å². The fourth-order valence-corrected chi connectivity index (χ4v) is 2.84. The molecule has 0 spiro atoms. The molecule has 1 aliphatic heterocycles. The molecule has 2 rings (SSSR count). The SMILES string of the molecule is CCC(=O)[C@@H]1CCCCN1C(=O)CNC(=O)c1cc(F)cc(F)c1. The summed E-state index contributed by atoms with van der Waals surface area (Å²) in [6.45, 7) is 1.91. The molecule has 5 nitrogen and oxygen atoms in total. The van der Waals surface area contributed by atoms with Crippen molar-refractivity contribution in [3.05, 3.63) is 35.4 Å². The first kappa shape index (κ1) is 18.0. The summed E-state index contributed by atoms with van der Waals surface area (Å²) >= 11 is 0. The monoisotopic (exact) mass is 338 g/mol. The molecule has 2 amide bonds. The highest BCUT2D eigenvalue weighted by molar-refractivity contribution is 5.97. The normalized spacial score (nSPS) is 17.5. The number of likely N-dealkylation sites (tertiary alicyclic amines) is 1. The van der Waals surface area contributed by atoms with Crippen molar-refractivity contribution in [3.63, 3.8) is 0 Å². The van der Waals surface area contributed by atoms with Gasteiger partial charge in [-0.2, -0.15) is 0 Å². The third kappa shape index (κ3) is 4.37. The van der Waals surface area contributed by atoms with E-state index in [1.165, 1.54) is 4.90 Å². The van der Waals surface area contributed by atoms with Gasteiger partial charge in [-0.1, -0.05) is 6.92 Å². The number of halogens is 2. The Labute approximate surface area is 139 Å². The van der Waals surface area contributed by atoms with Crippen LogP contribution in [0.1, 0.15) is 43.0 Å². The maximum absolute atomic E-state index is 13.1. The summed E-state index contributed by atoms with van der Waals surface area (Å²) in [5.74, 6) is -2.84. The summed E-state index contributed by atoms with van der Waals surface area (Å²) in [6.07, 6.45) is 2.67. The van der Waals surface area contributed by atoms with E-state index in [1.807, 2.05) is 0 Å². The summed E-state index contributed by atoms with van der Waals surface area (Å²) in [5, 5.41) is 2.35. The zero-order chi connectivity index (χ0) is 17.7. The van der Waals surface area contributed by atoms with Gasteiger partial charge in [0.2, 0.25) is 5.91 Å². The first-order chi connectivity index (χ1) is 11.4. The van der Waals surface area contributed by atoms with E-state index >= 15 is 0 Å². The second-order valence-electron chi connectivity index (χ2n) is 5.76. The number of amides is 2. The minimum absolute atomic E-state index is 0.00146. The molecular weight excluding hydrogens is 318 g/mol. The molecule has 0 bridgehead atoms. The van der Waals surface area contributed by atoms with Crippen molar-refractivity contribution in [2.45, 2.75) is 38.6 Å². The molecule has 0 aromatic heterocycles. The van der Waals surface area contributed by atoms with Crippen LogP contribution in [0.5, 0.6) is 0 Å².